The van der Waals surface area contributed by atoms with E-state index in [0.29, 0.717) is 13.1 Å². The molecule has 0 amide bonds. The van der Waals surface area contributed by atoms with E-state index in [1.54, 1.807) is 13.8 Å². The summed E-state index contributed by atoms with van der Waals surface area (Å²) in [6.45, 7) is 7.22. The van der Waals surface area contributed by atoms with Crippen LogP contribution in [-0.4, -0.2) is 50.8 Å². The quantitative estimate of drug-likeness (QED) is 0.405. The second-order valence-corrected chi connectivity index (χ2v) is 3.51. The molecule has 0 atom stereocenters. The molecular formula is C10H21N3O2. The molecule has 0 aromatic heterocycles. The van der Waals surface area contributed by atoms with Crippen LogP contribution in [0.15, 0.2) is 0 Å². The van der Waals surface area contributed by atoms with Gasteiger partial charge in [0, 0.05) is 26.2 Å². The largest absolute Gasteiger partial charge is 0.314 e. The molecule has 0 rings (SSSR count). The molecule has 0 aromatic rings. The van der Waals surface area contributed by atoms with Gasteiger partial charge in [0.05, 0.1) is 13.1 Å². The molecule has 0 aliphatic rings. The Morgan fingerprint density at radius 1 is 0.733 bits per heavy atom. The smallest absolute Gasteiger partial charge is 0.143 e. The summed E-state index contributed by atoms with van der Waals surface area (Å²) in [7, 11) is 0. The first-order valence-corrected chi connectivity index (χ1v) is 5.24. The van der Waals surface area contributed by atoms with Gasteiger partial charge in [0.2, 0.25) is 0 Å². The van der Waals surface area contributed by atoms with Crippen LogP contribution in [0.4, 0.5) is 0 Å². The number of nitrogens with one attached hydrogen (secondary N) is 3. The molecule has 0 spiro atoms. The number of carbonyl (C=O) groups is 2. The highest BCUT2D eigenvalue weighted by Crippen LogP contribution is 1.66. The summed E-state index contributed by atoms with van der Waals surface area (Å²) in [5.41, 5.74) is 0. The zero-order valence-electron chi connectivity index (χ0n) is 9.56. The maximum atomic E-state index is 10.6. The average molecular weight is 215 g/mol. The van der Waals surface area contributed by atoms with Crippen molar-refractivity contribution in [1.82, 2.24) is 16.0 Å². The summed E-state index contributed by atoms with van der Waals surface area (Å²) in [6.07, 6.45) is 0. The number of hydrogen-bond donors (Lipinski definition) is 3. The highest BCUT2D eigenvalue weighted by molar-refractivity contribution is 5.77. The molecule has 5 heteroatoms. The highest BCUT2D eigenvalue weighted by atomic mass is 16.1. The molecule has 5 nitrogen and oxygen atoms in total. The third-order valence-electron chi connectivity index (χ3n) is 1.70. The van der Waals surface area contributed by atoms with Gasteiger partial charge >= 0.3 is 0 Å². The van der Waals surface area contributed by atoms with Crippen molar-refractivity contribution < 1.29 is 9.59 Å². The summed E-state index contributed by atoms with van der Waals surface area (Å²) in [4.78, 5) is 21.1. The minimum Gasteiger partial charge on any atom is -0.314 e. The number of carbonyl (C=O) groups excluding carboxylic acids is 2. The fraction of sp³-hybridized carbons (Fsp3) is 0.800. The molecule has 0 aliphatic heterocycles. The van der Waals surface area contributed by atoms with E-state index >= 15 is 0 Å². The molecule has 0 aliphatic carbocycles. The monoisotopic (exact) mass is 215 g/mol. The predicted molar refractivity (Wildman–Crippen MR) is 60.0 cm³/mol. The second kappa shape index (κ2) is 9.76. The van der Waals surface area contributed by atoms with E-state index < -0.39 is 0 Å². The Morgan fingerprint density at radius 2 is 1.07 bits per heavy atom. The predicted octanol–water partition coefficient (Wildman–Crippen LogP) is -1.07. The van der Waals surface area contributed by atoms with E-state index in [2.05, 4.69) is 16.0 Å². The summed E-state index contributed by atoms with van der Waals surface area (Å²) in [5.74, 6) is 0.302. The van der Waals surface area contributed by atoms with Crippen molar-refractivity contribution in [3.63, 3.8) is 0 Å². The lowest BCUT2D eigenvalue weighted by atomic mass is 10.4. The van der Waals surface area contributed by atoms with Crippen LogP contribution in [-0.2, 0) is 9.59 Å². The molecule has 0 bridgehead atoms. The van der Waals surface area contributed by atoms with Gasteiger partial charge in [-0.3, -0.25) is 9.59 Å². The van der Waals surface area contributed by atoms with Crippen molar-refractivity contribution in [3.05, 3.63) is 0 Å². The standard InChI is InChI=1S/C10H21N3O2/c1-9(14)7-12-5-3-11-4-6-13-8-10(2)15/h11-13H,3-8H2,1-2H3. The van der Waals surface area contributed by atoms with Crippen LogP contribution in [0.2, 0.25) is 0 Å². The third kappa shape index (κ3) is 13.2. The second-order valence-electron chi connectivity index (χ2n) is 3.51. The summed E-state index contributed by atoms with van der Waals surface area (Å²) in [5, 5.41) is 9.20. The minimum absolute atomic E-state index is 0.151. The lowest BCUT2D eigenvalue weighted by Crippen LogP contribution is -2.35. The van der Waals surface area contributed by atoms with Crippen LogP contribution in [0.3, 0.4) is 0 Å². The lowest BCUT2D eigenvalue weighted by Gasteiger charge is -2.05. The zero-order chi connectivity index (χ0) is 11.5. The molecule has 0 unspecified atom stereocenters. The van der Waals surface area contributed by atoms with Gasteiger partial charge in [-0.15, -0.1) is 0 Å². The van der Waals surface area contributed by atoms with Crippen LogP contribution < -0.4 is 16.0 Å². The summed E-state index contributed by atoms with van der Waals surface area (Å²) < 4.78 is 0. The van der Waals surface area contributed by atoms with E-state index in [-0.39, 0.29) is 11.6 Å². The van der Waals surface area contributed by atoms with Gasteiger partial charge < -0.3 is 16.0 Å². The molecule has 0 radical (unpaired) electrons. The number of hydrogen-bond acceptors (Lipinski definition) is 5. The molecule has 3 N–H and O–H groups in total. The summed E-state index contributed by atoms with van der Waals surface area (Å²) in [6, 6.07) is 0. The fourth-order valence-electron chi connectivity index (χ4n) is 1.01. The number of Topliss-reactive ketones (excluding diaryl/α,β-unsaturated/α-hetero) is 2. The molecule has 0 saturated carbocycles. The van der Waals surface area contributed by atoms with E-state index in [0.717, 1.165) is 26.2 Å². The van der Waals surface area contributed by atoms with E-state index in [9.17, 15) is 9.59 Å². The highest BCUT2D eigenvalue weighted by Gasteiger charge is 1.93. The molecule has 0 heterocycles. The van der Waals surface area contributed by atoms with Crippen LogP contribution in [0, 0.1) is 0 Å². The SMILES string of the molecule is CC(=O)CNCCNCCNCC(C)=O. The number of ketones is 2. The van der Waals surface area contributed by atoms with Crippen molar-refractivity contribution in [2.45, 2.75) is 13.8 Å². The Balaban J connectivity index is 2.99. The first-order chi connectivity index (χ1) is 7.13. The van der Waals surface area contributed by atoms with Crippen molar-refractivity contribution in [2.75, 3.05) is 39.3 Å². The minimum atomic E-state index is 0.151. The van der Waals surface area contributed by atoms with E-state index in [1.807, 2.05) is 0 Å². The molecular weight excluding hydrogens is 194 g/mol. The third-order valence-corrected chi connectivity index (χ3v) is 1.70. The Kier molecular flexibility index (Phi) is 9.26. The van der Waals surface area contributed by atoms with Gasteiger partial charge in [0.25, 0.3) is 0 Å². The van der Waals surface area contributed by atoms with Crippen LogP contribution in [0.25, 0.3) is 0 Å². The van der Waals surface area contributed by atoms with Gasteiger partial charge in [-0.1, -0.05) is 0 Å². The Labute approximate surface area is 91.0 Å². The van der Waals surface area contributed by atoms with Crippen molar-refractivity contribution in [1.29, 1.82) is 0 Å². The number of rotatable bonds is 10. The molecule has 15 heavy (non-hydrogen) atoms. The van der Waals surface area contributed by atoms with E-state index in [1.165, 1.54) is 0 Å². The maximum Gasteiger partial charge on any atom is 0.143 e. The molecule has 0 fully saturated rings. The van der Waals surface area contributed by atoms with Crippen molar-refractivity contribution >= 4 is 11.6 Å². The normalized spacial score (nSPS) is 10.3. The first-order valence-electron chi connectivity index (χ1n) is 5.24. The Hall–Kier alpha value is -0.780. The topological polar surface area (TPSA) is 70.2 Å². The zero-order valence-corrected chi connectivity index (χ0v) is 9.56. The average Bonchev–Trinajstić information content (AvgIpc) is 2.14. The van der Waals surface area contributed by atoms with Crippen LogP contribution in [0.1, 0.15) is 13.8 Å². The fourth-order valence-corrected chi connectivity index (χ4v) is 1.01. The van der Waals surface area contributed by atoms with Gasteiger partial charge in [0.15, 0.2) is 0 Å². The van der Waals surface area contributed by atoms with E-state index in [4.69, 9.17) is 0 Å². The maximum absolute atomic E-state index is 10.6. The molecule has 0 saturated heterocycles. The van der Waals surface area contributed by atoms with Gasteiger partial charge in [-0.25, -0.2) is 0 Å². The van der Waals surface area contributed by atoms with Crippen LogP contribution in [0.5, 0.6) is 0 Å². The van der Waals surface area contributed by atoms with Crippen LogP contribution >= 0.6 is 0 Å². The van der Waals surface area contributed by atoms with Gasteiger partial charge in [-0.05, 0) is 13.8 Å². The molecule has 88 valence electrons. The molecule has 0 aromatic carbocycles. The summed E-state index contributed by atoms with van der Waals surface area (Å²) >= 11 is 0. The Bertz CT molecular complexity index is 175. The lowest BCUT2D eigenvalue weighted by molar-refractivity contribution is -0.117. The first kappa shape index (κ1) is 14.2. The van der Waals surface area contributed by atoms with Crippen molar-refractivity contribution in [3.8, 4) is 0 Å². The van der Waals surface area contributed by atoms with Gasteiger partial charge in [0.1, 0.15) is 11.6 Å². The van der Waals surface area contributed by atoms with Gasteiger partial charge in [-0.2, -0.15) is 0 Å². The Morgan fingerprint density at radius 3 is 1.40 bits per heavy atom. The van der Waals surface area contributed by atoms with Crippen molar-refractivity contribution in [2.24, 2.45) is 0 Å².